The predicted octanol–water partition coefficient (Wildman–Crippen LogP) is 3.58. The molecule has 1 aliphatic heterocycles. The molecule has 2 amide bonds. The first-order valence-electron chi connectivity index (χ1n) is 9.35. The molecule has 0 spiro atoms. The molecule has 0 atom stereocenters. The number of nitrogens with zero attached hydrogens (tertiary/aromatic N) is 1. The summed E-state index contributed by atoms with van der Waals surface area (Å²) in [6.07, 6.45) is 1.58. The maximum absolute atomic E-state index is 12.7. The van der Waals surface area contributed by atoms with Crippen LogP contribution in [0.2, 0.25) is 0 Å². The quantitative estimate of drug-likeness (QED) is 0.587. The number of carboxylic acids is 1. The highest BCUT2D eigenvalue weighted by atomic mass is 32.2. The molecule has 0 saturated carbocycles. The van der Waals surface area contributed by atoms with Crippen molar-refractivity contribution in [3.8, 4) is 17.2 Å². The largest absolute Gasteiger partial charge is 0.493 e. The molecule has 0 bridgehead atoms. The number of methoxy groups -OCH3 is 1. The Kier molecular flexibility index (Phi) is 7.19. The van der Waals surface area contributed by atoms with Gasteiger partial charge in [0.15, 0.2) is 18.1 Å². The van der Waals surface area contributed by atoms with Crippen LogP contribution in [-0.2, 0) is 9.59 Å². The van der Waals surface area contributed by atoms with E-state index in [2.05, 4.69) is 0 Å². The van der Waals surface area contributed by atoms with Crippen molar-refractivity contribution in [1.29, 1.82) is 0 Å². The third-order valence-electron chi connectivity index (χ3n) is 4.28. The van der Waals surface area contributed by atoms with Crippen LogP contribution in [0.3, 0.4) is 0 Å². The summed E-state index contributed by atoms with van der Waals surface area (Å²) in [6.45, 7) is 1.78. The summed E-state index contributed by atoms with van der Waals surface area (Å²) in [5.74, 6) is -0.233. The average Bonchev–Trinajstić information content (AvgIpc) is 3.00. The lowest BCUT2D eigenvalue weighted by atomic mass is 10.2. The van der Waals surface area contributed by atoms with Crippen molar-refractivity contribution in [1.82, 2.24) is 4.90 Å². The van der Waals surface area contributed by atoms with Crippen LogP contribution in [0.15, 0.2) is 47.4 Å². The monoisotopic (exact) mass is 443 g/mol. The van der Waals surface area contributed by atoms with E-state index in [-0.39, 0.29) is 29.0 Å². The van der Waals surface area contributed by atoms with E-state index in [1.54, 1.807) is 24.3 Å². The van der Waals surface area contributed by atoms with Crippen LogP contribution in [0.25, 0.3) is 6.08 Å². The molecule has 0 aliphatic carbocycles. The fraction of sp³-hybridized carbons (Fsp3) is 0.227. The maximum Gasteiger partial charge on any atom is 0.341 e. The van der Waals surface area contributed by atoms with Gasteiger partial charge in [-0.25, -0.2) is 4.79 Å². The van der Waals surface area contributed by atoms with E-state index in [1.807, 2.05) is 31.2 Å². The first-order valence-corrected chi connectivity index (χ1v) is 10.2. The van der Waals surface area contributed by atoms with Gasteiger partial charge in [-0.3, -0.25) is 14.5 Å². The van der Waals surface area contributed by atoms with Crippen molar-refractivity contribution in [3.05, 3.63) is 58.5 Å². The predicted molar refractivity (Wildman–Crippen MR) is 115 cm³/mol. The number of thioether (sulfide) groups is 1. The van der Waals surface area contributed by atoms with Crippen LogP contribution >= 0.6 is 11.8 Å². The van der Waals surface area contributed by atoms with Gasteiger partial charge in [0.25, 0.3) is 11.1 Å². The first-order chi connectivity index (χ1) is 14.9. The van der Waals surface area contributed by atoms with Gasteiger partial charge in [-0.1, -0.05) is 18.2 Å². The Hall–Kier alpha value is -3.46. The van der Waals surface area contributed by atoms with Crippen molar-refractivity contribution >= 4 is 35.0 Å². The van der Waals surface area contributed by atoms with Crippen LogP contribution in [0.5, 0.6) is 17.2 Å². The highest BCUT2D eigenvalue weighted by Crippen LogP contribution is 2.34. The van der Waals surface area contributed by atoms with Crippen molar-refractivity contribution in [2.24, 2.45) is 0 Å². The Balaban J connectivity index is 1.66. The molecular formula is C22H21NO7S. The molecule has 1 aliphatic rings. The third-order valence-corrected chi connectivity index (χ3v) is 5.19. The molecule has 2 aromatic carbocycles. The molecule has 0 unspecified atom stereocenters. The number of rotatable bonds is 9. The second kappa shape index (κ2) is 10.0. The average molecular weight is 443 g/mol. The number of hydrogen-bond acceptors (Lipinski definition) is 7. The molecule has 1 heterocycles. The van der Waals surface area contributed by atoms with Gasteiger partial charge in [-0.05, 0) is 60.2 Å². The number of carbonyl (C=O) groups is 3. The standard InChI is InChI=1S/C22H21NO7S/c1-14-4-3-5-16(10-14)29-9-8-23-21(26)19(31-22(23)27)12-15-6-7-17(18(11-15)28-2)30-13-20(24)25/h3-7,10-12H,8-9,13H2,1-2H3,(H,24,25)/b19-12-. The topological polar surface area (TPSA) is 102 Å². The van der Waals surface area contributed by atoms with Gasteiger partial charge in [-0.2, -0.15) is 0 Å². The van der Waals surface area contributed by atoms with E-state index in [9.17, 15) is 14.4 Å². The number of benzene rings is 2. The number of carboxylic acid groups (broad SMARTS) is 1. The number of carbonyl (C=O) groups excluding carboxylic acids is 2. The highest BCUT2D eigenvalue weighted by molar-refractivity contribution is 8.18. The van der Waals surface area contributed by atoms with Crippen LogP contribution in [0.4, 0.5) is 4.79 Å². The summed E-state index contributed by atoms with van der Waals surface area (Å²) in [7, 11) is 1.43. The Labute approximate surface area is 183 Å². The molecule has 1 saturated heterocycles. The van der Waals surface area contributed by atoms with Gasteiger partial charge in [0.1, 0.15) is 12.4 Å². The van der Waals surface area contributed by atoms with E-state index < -0.39 is 18.5 Å². The summed E-state index contributed by atoms with van der Waals surface area (Å²) in [5.41, 5.74) is 1.67. The smallest absolute Gasteiger partial charge is 0.341 e. The zero-order valence-electron chi connectivity index (χ0n) is 17.0. The molecule has 1 fully saturated rings. The summed E-state index contributed by atoms with van der Waals surface area (Å²) in [6, 6.07) is 12.3. The number of hydrogen-bond donors (Lipinski definition) is 1. The van der Waals surface area contributed by atoms with Crippen molar-refractivity contribution < 1.29 is 33.7 Å². The summed E-state index contributed by atoms with van der Waals surface area (Å²) < 4.78 is 16.0. The number of imide groups is 1. The van der Waals surface area contributed by atoms with Crippen LogP contribution in [-0.4, -0.2) is 54.0 Å². The molecule has 0 radical (unpaired) electrons. The van der Waals surface area contributed by atoms with Gasteiger partial charge >= 0.3 is 5.97 Å². The van der Waals surface area contributed by atoms with E-state index in [0.29, 0.717) is 17.1 Å². The lowest BCUT2D eigenvalue weighted by molar-refractivity contribution is -0.139. The highest BCUT2D eigenvalue weighted by Gasteiger charge is 2.34. The zero-order valence-corrected chi connectivity index (χ0v) is 17.8. The Bertz CT molecular complexity index is 1030. The summed E-state index contributed by atoms with van der Waals surface area (Å²) in [5, 5.41) is 8.38. The first kappa shape index (κ1) is 22.2. The van der Waals surface area contributed by atoms with Gasteiger partial charge < -0.3 is 19.3 Å². The van der Waals surface area contributed by atoms with Gasteiger partial charge in [0, 0.05) is 0 Å². The number of amides is 2. The van der Waals surface area contributed by atoms with Crippen molar-refractivity contribution in [2.45, 2.75) is 6.92 Å². The minimum Gasteiger partial charge on any atom is -0.493 e. The fourth-order valence-electron chi connectivity index (χ4n) is 2.84. The molecule has 2 aromatic rings. The van der Waals surface area contributed by atoms with Crippen LogP contribution < -0.4 is 14.2 Å². The van der Waals surface area contributed by atoms with Crippen LogP contribution in [0, 0.1) is 6.92 Å². The normalized spacial score (nSPS) is 14.8. The zero-order chi connectivity index (χ0) is 22.4. The Morgan fingerprint density at radius 1 is 1.13 bits per heavy atom. The minimum atomic E-state index is -1.11. The molecular weight excluding hydrogens is 422 g/mol. The van der Waals surface area contributed by atoms with E-state index in [0.717, 1.165) is 22.2 Å². The van der Waals surface area contributed by atoms with E-state index in [4.69, 9.17) is 19.3 Å². The SMILES string of the molecule is COc1cc(/C=C2\SC(=O)N(CCOc3cccc(C)c3)C2=O)ccc1OCC(=O)O. The third kappa shape index (κ3) is 5.79. The van der Waals surface area contributed by atoms with Gasteiger partial charge in [-0.15, -0.1) is 0 Å². The second-order valence-corrected chi connectivity index (χ2v) is 7.58. The molecule has 31 heavy (non-hydrogen) atoms. The van der Waals surface area contributed by atoms with Gasteiger partial charge in [0.2, 0.25) is 0 Å². The number of aliphatic carboxylic acids is 1. The lowest BCUT2D eigenvalue weighted by Gasteiger charge is -2.13. The summed E-state index contributed by atoms with van der Waals surface area (Å²) in [4.78, 5) is 37.0. The number of ether oxygens (including phenoxy) is 3. The molecule has 0 aromatic heterocycles. The second-order valence-electron chi connectivity index (χ2n) is 6.59. The summed E-state index contributed by atoms with van der Waals surface area (Å²) >= 11 is 0.850. The molecule has 9 heteroatoms. The lowest BCUT2D eigenvalue weighted by Crippen LogP contribution is -2.32. The maximum atomic E-state index is 12.7. The molecule has 8 nitrogen and oxygen atoms in total. The Morgan fingerprint density at radius 3 is 2.65 bits per heavy atom. The number of aryl methyl sites for hydroxylation is 1. The van der Waals surface area contributed by atoms with Crippen molar-refractivity contribution in [2.75, 3.05) is 26.9 Å². The minimum absolute atomic E-state index is 0.140. The Morgan fingerprint density at radius 2 is 1.94 bits per heavy atom. The van der Waals surface area contributed by atoms with E-state index in [1.165, 1.54) is 7.11 Å². The van der Waals surface area contributed by atoms with Gasteiger partial charge in [0.05, 0.1) is 18.6 Å². The molecule has 3 rings (SSSR count). The fourth-order valence-corrected chi connectivity index (χ4v) is 3.70. The molecule has 162 valence electrons. The molecule has 1 N–H and O–H groups in total. The van der Waals surface area contributed by atoms with Crippen molar-refractivity contribution in [3.63, 3.8) is 0 Å². The van der Waals surface area contributed by atoms with E-state index >= 15 is 0 Å². The van der Waals surface area contributed by atoms with Crippen LogP contribution in [0.1, 0.15) is 11.1 Å².